The number of imidazole rings is 1. The summed E-state index contributed by atoms with van der Waals surface area (Å²) in [5, 5.41) is 0. The van der Waals surface area contributed by atoms with Crippen molar-refractivity contribution >= 4 is 38.7 Å². The summed E-state index contributed by atoms with van der Waals surface area (Å²) >= 11 is 0. The number of ether oxygens (including phenoxy) is 2. The fourth-order valence-electron chi connectivity index (χ4n) is 9.21. The molecule has 2 saturated carbocycles. The van der Waals surface area contributed by atoms with Gasteiger partial charge in [0.15, 0.2) is 5.78 Å². The van der Waals surface area contributed by atoms with Gasteiger partial charge in [0.25, 0.3) is 6.01 Å². The summed E-state index contributed by atoms with van der Waals surface area (Å²) in [4.78, 5) is 50.3. The number of rotatable bonds is 10. The lowest BCUT2D eigenvalue weighted by Crippen LogP contribution is -2.47. The molecule has 0 radical (unpaired) electrons. The Balaban J connectivity index is 1.12. The molecule has 4 aliphatic rings. The summed E-state index contributed by atoms with van der Waals surface area (Å²) in [5.74, 6) is -2.25. The van der Waals surface area contributed by atoms with Crippen LogP contribution in [0.2, 0.25) is 0 Å². The van der Waals surface area contributed by atoms with E-state index in [1.54, 1.807) is 11.8 Å². The molecule has 0 bridgehead atoms. The number of nitrogens with zero attached hydrogens (tertiary/aromatic N) is 3. The van der Waals surface area contributed by atoms with E-state index in [1.165, 1.54) is 24.3 Å². The molecule has 1 N–H and O–H groups in total. The summed E-state index contributed by atoms with van der Waals surface area (Å²) in [7, 11) is -3.96. The number of nitrogens with one attached hydrogen (secondary N) is 1. The van der Waals surface area contributed by atoms with Gasteiger partial charge < -0.3 is 14.4 Å². The van der Waals surface area contributed by atoms with Crippen molar-refractivity contribution in [3.63, 3.8) is 0 Å². The van der Waals surface area contributed by atoms with Gasteiger partial charge in [-0.2, -0.15) is 4.98 Å². The molecule has 2 amide bonds. The Bertz CT molecular complexity index is 2470. The standard InChI is InChI=1S/C47H53F3N4O7S/c1-30(2)54-38-18-12-17-37(32-19-21-35(22-20-32)61-47(48,49)50)41(38)51-44(54)60-36-26-39-40(55)28-46(43(57)52-62(58,59)45(3)23-24-45)27-34(46)16-11-6-4-5-10-15-33(42(56)53(39)29-36)25-31-13-8-7-9-14-31/h7-9,11-14,16-22,30,33-34,36,39H,4-6,10,15,23-29H2,1-3H3,(H,52,57)/b16-11-/t33-,34+,36-,39+,46-/m1/s1. The van der Waals surface area contributed by atoms with Crippen molar-refractivity contribution in [1.29, 1.82) is 0 Å². The monoisotopic (exact) mass is 874 g/mol. The number of ketones is 1. The van der Waals surface area contributed by atoms with Crippen LogP contribution in [-0.4, -0.2) is 70.3 Å². The van der Waals surface area contributed by atoms with Gasteiger partial charge in [-0.05, 0) is 101 Å². The topological polar surface area (TPSA) is 137 Å². The van der Waals surface area contributed by atoms with Gasteiger partial charge >= 0.3 is 6.36 Å². The minimum Gasteiger partial charge on any atom is -0.459 e. The molecule has 5 atom stereocenters. The van der Waals surface area contributed by atoms with Crippen LogP contribution < -0.4 is 14.2 Å². The number of allylic oxidation sites excluding steroid dienone is 2. The van der Waals surface area contributed by atoms with Crippen LogP contribution in [0, 0.1) is 17.3 Å². The van der Waals surface area contributed by atoms with Crippen molar-refractivity contribution in [3.8, 4) is 22.9 Å². The van der Waals surface area contributed by atoms with Gasteiger partial charge in [0, 0.05) is 30.4 Å². The maximum absolute atomic E-state index is 14.9. The van der Waals surface area contributed by atoms with Crippen molar-refractivity contribution in [1.82, 2.24) is 19.2 Å². The number of fused-ring (bicyclic) bond motifs is 3. The van der Waals surface area contributed by atoms with Crippen LogP contribution in [0.4, 0.5) is 13.2 Å². The highest BCUT2D eigenvalue weighted by atomic mass is 32.2. The normalized spacial score (nSPS) is 26.0. The van der Waals surface area contributed by atoms with Crippen molar-refractivity contribution in [2.45, 2.75) is 121 Å². The van der Waals surface area contributed by atoms with E-state index < -0.39 is 50.5 Å². The second-order valence-corrected chi connectivity index (χ2v) is 20.2. The second-order valence-electron chi connectivity index (χ2n) is 18.0. The van der Waals surface area contributed by atoms with E-state index in [1.807, 2.05) is 79.1 Å². The average molecular weight is 875 g/mol. The summed E-state index contributed by atoms with van der Waals surface area (Å²) in [6, 6.07) is 20.1. The highest BCUT2D eigenvalue weighted by Gasteiger charge is 2.62. The number of benzene rings is 3. The van der Waals surface area contributed by atoms with E-state index in [-0.39, 0.29) is 54.8 Å². The quantitative estimate of drug-likeness (QED) is 0.156. The molecule has 1 aromatic heterocycles. The number of hydrogen-bond acceptors (Lipinski definition) is 8. The minimum absolute atomic E-state index is 0.0879. The third kappa shape index (κ3) is 9.00. The number of carbonyl (C=O) groups excluding carboxylic acids is 3. The Hall–Kier alpha value is -5.18. The Morgan fingerprint density at radius 3 is 2.42 bits per heavy atom. The first-order chi connectivity index (χ1) is 29.5. The Morgan fingerprint density at radius 2 is 1.73 bits per heavy atom. The fourth-order valence-corrected chi connectivity index (χ4v) is 10.5. The van der Waals surface area contributed by atoms with Gasteiger partial charge in [0.05, 0.1) is 28.3 Å². The number of amides is 2. The molecule has 8 rings (SSSR count). The van der Waals surface area contributed by atoms with E-state index in [2.05, 4.69) is 9.46 Å². The molecular formula is C47H53F3N4O7S. The van der Waals surface area contributed by atoms with E-state index in [9.17, 15) is 36.0 Å². The third-order valence-corrected chi connectivity index (χ3v) is 15.3. The van der Waals surface area contributed by atoms with E-state index in [0.29, 0.717) is 48.7 Å². The molecule has 2 aliphatic heterocycles. The van der Waals surface area contributed by atoms with Crippen LogP contribution in [0.3, 0.4) is 0 Å². The maximum atomic E-state index is 14.9. The van der Waals surface area contributed by atoms with Gasteiger partial charge in [-0.1, -0.05) is 79.6 Å². The van der Waals surface area contributed by atoms with Gasteiger partial charge in [-0.3, -0.25) is 23.7 Å². The summed E-state index contributed by atoms with van der Waals surface area (Å²) in [6.07, 6.45) is 4.10. The highest BCUT2D eigenvalue weighted by Crippen LogP contribution is 2.57. The molecule has 2 aliphatic carbocycles. The molecule has 330 valence electrons. The smallest absolute Gasteiger partial charge is 0.459 e. The molecule has 3 heterocycles. The third-order valence-electron chi connectivity index (χ3n) is 13.2. The van der Waals surface area contributed by atoms with Gasteiger partial charge in [0.2, 0.25) is 21.8 Å². The SMILES string of the molecule is CC(C)n1c(O[C@@H]2C[C@H]3C(=O)C[C@]4(C(=O)NS(=O)(=O)C5(C)CC5)C[C@@H]4/C=C\CCCCC[C@H](Cc4ccccc4)C(=O)N3C2)nc2c(-c3ccc(OC(F)(F)F)cc3)cccc21. The number of aromatic nitrogens is 2. The molecule has 0 spiro atoms. The van der Waals surface area contributed by atoms with E-state index in [0.717, 1.165) is 36.8 Å². The molecule has 3 fully saturated rings. The van der Waals surface area contributed by atoms with Gasteiger partial charge in [-0.25, -0.2) is 8.42 Å². The van der Waals surface area contributed by atoms with E-state index in [4.69, 9.17) is 9.72 Å². The predicted octanol–water partition coefficient (Wildman–Crippen LogP) is 8.87. The Morgan fingerprint density at radius 1 is 0.984 bits per heavy atom. The number of alkyl halides is 3. The van der Waals surface area contributed by atoms with Crippen LogP contribution in [0.15, 0.2) is 84.9 Å². The highest BCUT2D eigenvalue weighted by molar-refractivity contribution is 7.91. The van der Waals surface area contributed by atoms with Crippen molar-refractivity contribution in [3.05, 3.63) is 90.5 Å². The van der Waals surface area contributed by atoms with Crippen LogP contribution >= 0.6 is 0 Å². The van der Waals surface area contributed by atoms with Gasteiger partial charge in [-0.15, -0.1) is 13.2 Å². The number of carbonyl (C=O) groups is 3. The summed E-state index contributed by atoms with van der Waals surface area (Å²) in [5.41, 5.74) is 2.30. The lowest BCUT2D eigenvalue weighted by atomic mass is 9.90. The Labute approximate surface area is 360 Å². The number of hydrogen-bond donors (Lipinski definition) is 1. The van der Waals surface area contributed by atoms with Crippen molar-refractivity contribution < 1.29 is 45.4 Å². The molecule has 15 heteroatoms. The molecular weight excluding hydrogens is 822 g/mol. The lowest BCUT2D eigenvalue weighted by molar-refractivity contribution is -0.274. The number of halogens is 3. The average Bonchev–Trinajstić information content (AvgIpc) is 4.04. The molecule has 4 aromatic rings. The fraction of sp³-hybridized carbons (Fsp3) is 0.489. The van der Waals surface area contributed by atoms with Crippen LogP contribution in [0.25, 0.3) is 22.2 Å². The van der Waals surface area contributed by atoms with Gasteiger partial charge in [0.1, 0.15) is 17.4 Å². The lowest BCUT2D eigenvalue weighted by Gasteiger charge is -2.29. The van der Waals surface area contributed by atoms with Crippen LogP contribution in [-0.2, 0) is 30.8 Å². The minimum atomic E-state index is -4.82. The van der Waals surface area contributed by atoms with Crippen LogP contribution in [0.5, 0.6) is 11.8 Å². The zero-order valence-electron chi connectivity index (χ0n) is 35.2. The summed E-state index contributed by atoms with van der Waals surface area (Å²) in [6.45, 7) is 5.64. The molecule has 3 aromatic carbocycles. The molecule has 62 heavy (non-hydrogen) atoms. The first-order valence-corrected chi connectivity index (χ1v) is 23.1. The summed E-state index contributed by atoms with van der Waals surface area (Å²) < 4.78 is 79.3. The van der Waals surface area contributed by atoms with E-state index >= 15 is 0 Å². The first kappa shape index (κ1) is 43.5. The Kier molecular flexibility index (Phi) is 11.8. The van der Waals surface area contributed by atoms with Crippen molar-refractivity contribution in [2.24, 2.45) is 17.3 Å². The maximum Gasteiger partial charge on any atom is 0.573 e. The zero-order chi connectivity index (χ0) is 44.0. The number of sulfonamides is 1. The molecule has 11 nitrogen and oxygen atoms in total. The second kappa shape index (κ2) is 16.8. The zero-order valence-corrected chi connectivity index (χ0v) is 36.0. The largest absolute Gasteiger partial charge is 0.573 e. The molecule has 1 saturated heterocycles. The number of para-hydroxylation sites is 1. The van der Waals surface area contributed by atoms with Crippen molar-refractivity contribution in [2.75, 3.05) is 6.54 Å². The first-order valence-electron chi connectivity index (χ1n) is 21.6. The predicted molar refractivity (Wildman–Crippen MR) is 227 cm³/mol. The molecule has 0 unspecified atom stereocenters. The van der Waals surface area contributed by atoms with Crippen LogP contribution in [0.1, 0.15) is 96.6 Å². The number of Topliss-reactive ketones (excluding diaryl/α,β-unsaturated/α-hetero) is 1.